The number of ether oxygens (including phenoxy) is 2. The summed E-state index contributed by atoms with van der Waals surface area (Å²) in [6.07, 6.45) is 1.53. The minimum Gasteiger partial charge on any atom is -0.493 e. The molecule has 4 heteroatoms. The fraction of sp³-hybridized carbons (Fsp3) is 0.273. The van der Waals surface area contributed by atoms with Crippen molar-refractivity contribution in [1.29, 1.82) is 0 Å². The Kier molecular flexibility index (Phi) is 2.41. The minimum absolute atomic E-state index is 0.653. The lowest BCUT2D eigenvalue weighted by atomic mass is 10.1. The molecule has 78 valence electrons. The molecule has 1 heterocycles. The second kappa shape index (κ2) is 3.73. The number of fused-ring (bicyclic) bond motifs is 1. The molecule has 0 bridgehead atoms. The summed E-state index contributed by atoms with van der Waals surface area (Å²) in [4.78, 5) is 8.34. The quantitative estimate of drug-likeness (QED) is 0.750. The Balaban J connectivity index is 2.82. The van der Waals surface area contributed by atoms with E-state index in [-0.39, 0.29) is 0 Å². The highest BCUT2D eigenvalue weighted by Gasteiger charge is 2.11. The van der Waals surface area contributed by atoms with Gasteiger partial charge in [-0.2, -0.15) is 0 Å². The van der Waals surface area contributed by atoms with E-state index in [4.69, 9.17) is 9.47 Å². The van der Waals surface area contributed by atoms with Gasteiger partial charge < -0.3 is 9.47 Å². The Morgan fingerprint density at radius 3 is 2.53 bits per heavy atom. The zero-order valence-corrected chi connectivity index (χ0v) is 8.94. The monoisotopic (exact) mass is 204 g/mol. The van der Waals surface area contributed by atoms with Crippen molar-refractivity contribution in [3.05, 3.63) is 24.2 Å². The first-order chi connectivity index (χ1) is 7.27. The molecule has 0 spiro atoms. The Bertz CT molecular complexity index is 497. The molecule has 0 unspecified atom stereocenters. The molecule has 2 rings (SSSR count). The van der Waals surface area contributed by atoms with E-state index in [9.17, 15) is 0 Å². The molecule has 0 aliphatic carbocycles. The zero-order chi connectivity index (χ0) is 10.8. The van der Waals surface area contributed by atoms with E-state index < -0.39 is 0 Å². The SMILES string of the molecule is COc1ccc2c(C)ncnc2c1OC. The first-order valence-electron chi connectivity index (χ1n) is 4.60. The van der Waals surface area contributed by atoms with Gasteiger partial charge in [-0.1, -0.05) is 0 Å². The molecule has 0 N–H and O–H groups in total. The van der Waals surface area contributed by atoms with Crippen LogP contribution in [0.25, 0.3) is 10.9 Å². The first kappa shape index (κ1) is 9.71. The molecule has 1 aromatic carbocycles. The van der Waals surface area contributed by atoms with E-state index in [1.165, 1.54) is 6.33 Å². The summed E-state index contributed by atoms with van der Waals surface area (Å²) in [5.74, 6) is 1.34. The lowest BCUT2D eigenvalue weighted by Gasteiger charge is -2.10. The van der Waals surface area contributed by atoms with Gasteiger partial charge in [0.2, 0.25) is 0 Å². The first-order valence-corrected chi connectivity index (χ1v) is 4.60. The van der Waals surface area contributed by atoms with Crippen LogP contribution < -0.4 is 9.47 Å². The zero-order valence-electron chi connectivity index (χ0n) is 8.94. The van der Waals surface area contributed by atoms with Gasteiger partial charge in [-0.25, -0.2) is 9.97 Å². The fourth-order valence-corrected chi connectivity index (χ4v) is 1.57. The maximum Gasteiger partial charge on any atom is 0.187 e. The lowest BCUT2D eigenvalue weighted by Crippen LogP contribution is -1.95. The van der Waals surface area contributed by atoms with Crippen molar-refractivity contribution < 1.29 is 9.47 Å². The number of aromatic nitrogens is 2. The van der Waals surface area contributed by atoms with E-state index in [2.05, 4.69) is 9.97 Å². The van der Waals surface area contributed by atoms with Crippen LogP contribution in [0.3, 0.4) is 0 Å². The summed E-state index contributed by atoms with van der Waals surface area (Å²) < 4.78 is 10.5. The smallest absolute Gasteiger partial charge is 0.187 e. The number of aryl methyl sites for hydroxylation is 1. The molecule has 0 aliphatic rings. The van der Waals surface area contributed by atoms with Gasteiger partial charge in [0.15, 0.2) is 11.5 Å². The van der Waals surface area contributed by atoms with E-state index in [1.54, 1.807) is 14.2 Å². The van der Waals surface area contributed by atoms with Gasteiger partial charge in [0, 0.05) is 11.1 Å². The number of benzene rings is 1. The highest BCUT2D eigenvalue weighted by atomic mass is 16.5. The maximum atomic E-state index is 5.29. The normalized spacial score (nSPS) is 10.3. The molecule has 0 amide bonds. The average Bonchev–Trinajstić information content (AvgIpc) is 2.28. The van der Waals surface area contributed by atoms with Crippen LogP contribution in [0.5, 0.6) is 11.5 Å². The van der Waals surface area contributed by atoms with Gasteiger partial charge in [-0.15, -0.1) is 0 Å². The van der Waals surface area contributed by atoms with E-state index >= 15 is 0 Å². The Hall–Kier alpha value is -1.84. The summed E-state index contributed by atoms with van der Waals surface area (Å²) >= 11 is 0. The molecule has 0 radical (unpaired) electrons. The standard InChI is InChI=1S/C11H12N2O2/c1-7-8-4-5-9(14-2)11(15-3)10(8)13-6-12-7/h4-6H,1-3H3. The predicted octanol–water partition coefficient (Wildman–Crippen LogP) is 1.96. The van der Waals surface area contributed by atoms with Crippen molar-refractivity contribution in [3.8, 4) is 11.5 Å². The van der Waals surface area contributed by atoms with E-state index in [1.807, 2.05) is 19.1 Å². The highest BCUT2D eigenvalue weighted by molar-refractivity contribution is 5.88. The molecule has 1 aromatic heterocycles. The Morgan fingerprint density at radius 2 is 1.87 bits per heavy atom. The molecule has 0 saturated carbocycles. The third kappa shape index (κ3) is 1.48. The van der Waals surface area contributed by atoms with Crippen LogP contribution in [0.1, 0.15) is 5.69 Å². The predicted molar refractivity (Wildman–Crippen MR) is 57.4 cm³/mol. The summed E-state index contributed by atoms with van der Waals surface area (Å²) in [7, 11) is 3.21. The molecular formula is C11H12N2O2. The molecule has 0 atom stereocenters. The number of methoxy groups -OCH3 is 2. The van der Waals surface area contributed by atoms with Gasteiger partial charge in [0.05, 0.1) is 14.2 Å². The van der Waals surface area contributed by atoms with Gasteiger partial charge in [0.25, 0.3) is 0 Å². The number of hydrogen-bond acceptors (Lipinski definition) is 4. The van der Waals surface area contributed by atoms with Crippen molar-refractivity contribution >= 4 is 10.9 Å². The van der Waals surface area contributed by atoms with Crippen LogP contribution in [0.15, 0.2) is 18.5 Å². The largest absolute Gasteiger partial charge is 0.493 e. The molecular weight excluding hydrogens is 192 g/mol. The third-order valence-corrected chi connectivity index (χ3v) is 2.35. The average molecular weight is 204 g/mol. The topological polar surface area (TPSA) is 44.2 Å². The van der Waals surface area contributed by atoms with Gasteiger partial charge in [0.1, 0.15) is 11.8 Å². The van der Waals surface area contributed by atoms with Gasteiger partial charge >= 0.3 is 0 Å². The summed E-state index contributed by atoms with van der Waals surface area (Å²) in [5.41, 5.74) is 1.71. The van der Waals surface area contributed by atoms with Gasteiger partial charge in [-0.3, -0.25) is 0 Å². The molecule has 15 heavy (non-hydrogen) atoms. The van der Waals surface area contributed by atoms with Gasteiger partial charge in [-0.05, 0) is 19.1 Å². The molecule has 4 nitrogen and oxygen atoms in total. The maximum absolute atomic E-state index is 5.29. The lowest BCUT2D eigenvalue weighted by molar-refractivity contribution is 0.358. The van der Waals surface area contributed by atoms with Crippen molar-refractivity contribution in [1.82, 2.24) is 9.97 Å². The number of rotatable bonds is 2. The molecule has 2 aromatic rings. The highest BCUT2D eigenvalue weighted by Crippen LogP contribution is 2.34. The van der Waals surface area contributed by atoms with Crippen LogP contribution in [-0.2, 0) is 0 Å². The fourth-order valence-electron chi connectivity index (χ4n) is 1.57. The van der Waals surface area contributed by atoms with Crippen LogP contribution in [0.2, 0.25) is 0 Å². The Morgan fingerprint density at radius 1 is 1.07 bits per heavy atom. The second-order valence-corrected chi connectivity index (χ2v) is 3.16. The molecule has 0 fully saturated rings. The number of hydrogen-bond donors (Lipinski definition) is 0. The van der Waals surface area contributed by atoms with Crippen molar-refractivity contribution in [2.45, 2.75) is 6.92 Å². The van der Waals surface area contributed by atoms with Crippen LogP contribution >= 0.6 is 0 Å². The van der Waals surface area contributed by atoms with Crippen molar-refractivity contribution in [2.75, 3.05) is 14.2 Å². The van der Waals surface area contributed by atoms with E-state index in [0.29, 0.717) is 11.5 Å². The van der Waals surface area contributed by atoms with Crippen molar-refractivity contribution in [3.63, 3.8) is 0 Å². The second-order valence-electron chi connectivity index (χ2n) is 3.16. The summed E-state index contributed by atoms with van der Waals surface area (Å²) in [6.45, 7) is 1.94. The summed E-state index contributed by atoms with van der Waals surface area (Å²) in [6, 6.07) is 3.80. The molecule has 0 aliphatic heterocycles. The van der Waals surface area contributed by atoms with Crippen LogP contribution in [-0.4, -0.2) is 24.2 Å². The minimum atomic E-state index is 0.653. The van der Waals surface area contributed by atoms with Crippen LogP contribution in [0.4, 0.5) is 0 Å². The van der Waals surface area contributed by atoms with Crippen molar-refractivity contribution in [2.24, 2.45) is 0 Å². The summed E-state index contributed by atoms with van der Waals surface area (Å²) in [5, 5.41) is 0.982. The van der Waals surface area contributed by atoms with Crippen LogP contribution in [0, 0.1) is 6.92 Å². The number of nitrogens with zero attached hydrogens (tertiary/aromatic N) is 2. The molecule has 0 saturated heterocycles. The Labute approximate surface area is 87.9 Å². The third-order valence-electron chi connectivity index (χ3n) is 2.35. The van der Waals surface area contributed by atoms with E-state index in [0.717, 1.165) is 16.6 Å².